The van der Waals surface area contributed by atoms with Gasteiger partial charge in [-0.1, -0.05) is 11.6 Å². The van der Waals surface area contributed by atoms with Gasteiger partial charge in [-0.05, 0) is 27.2 Å². The normalized spacial score (nSPS) is 45.9. The van der Waals surface area contributed by atoms with Gasteiger partial charge < -0.3 is 4.74 Å². The molecule has 18 heavy (non-hydrogen) atoms. The van der Waals surface area contributed by atoms with Gasteiger partial charge in [0.05, 0.1) is 17.4 Å². The van der Waals surface area contributed by atoms with Gasteiger partial charge in [0.25, 0.3) is 0 Å². The van der Waals surface area contributed by atoms with Crippen LogP contribution in [0.2, 0.25) is 0 Å². The number of hydrogen-bond acceptors (Lipinski definition) is 4. The topological polar surface area (TPSA) is 46.6 Å². The molecule has 5 unspecified atom stereocenters. The molecule has 3 aliphatic heterocycles. The molecule has 3 fully saturated rings. The van der Waals surface area contributed by atoms with Gasteiger partial charge in [0.1, 0.15) is 6.07 Å². The zero-order valence-electron chi connectivity index (χ0n) is 10.7. The predicted molar refractivity (Wildman–Crippen MR) is 73.5 cm³/mol. The molecule has 3 rings (SSSR count). The van der Waals surface area contributed by atoms with Crippen LogP contribution in [0.3, 0.4) is 0 Å². The minimum Gasteiger partial charge on any atom is -0.360 e. The summed E-state index contributed by atoms with van der Waals surface area (Å²) in [5.41, 5.74) is -0.399. The molecule has 2 bridgehead atoms. The molecule has 0 aromatic heterocycles. The predicted octanol–water partition coefficient (Wildman–Crippen LogP) is 1.64. The Morgan fingerprint density at radius 2 is 2.11 bits per heavy atom. The van der Waals surface area contributed by atoms with E-state index in [2.05, 4.69) is 0 Å². The second kappa shape index (κ2) is 4.01. The number of hydrogen-bond donors (Lipinski definition) is 0. The monoisotopic (exact) mass is 311 g/mol. The van der Waals surface area contributed by atoms with Gasteiger partial charge in [-0.2, -0.15) is 4.31 Å². The number of rotatable bonds is 2. The second-order valence-corrected chi connectivity index (χ2v) is 9.82. The summed E-state index contributed by atoms with van der Waals surface area (Å²) in [6.07, 6.45) is 0.660. The Labute approximate surface area is 117 Å². The van der Waals surface area contributed by atoms with Crippen molar-refractivity contribution >= 4 is 33.4 Å². The number of alkyl halides is 1. The molecule has 3 aliphatic rings. The van der Waals surface area contributed by atoms with Crippen molar-refractivity contribution in [2.24, 2.45) is 0 Å². The van der Waals surface area contributed by atoms with Crippen LogP contribution in [0.15, 0.2) is 0 Å². The van der Waals surface area contributed by atoms with Crippen molar-refractivity contribution in [3.05, 3.63) is 0 Å². The highest BCUT2D eigenvalue weighted by molar-refractivity contribution is 8.03. The highest BCUT2D eigenvalue weighted by Gasteiger charge is 2.69. The second-order valence-electron chi connectivity index (χ2n) is 6.16. The van der Waals surface area contributed by atoms with E-state index < -0.39 is 15.6 Å². The number of nitrogens with zero attached hydrogens (tertiary/aromatic N) is 1. The fraction of sp³-hybridized carbons (Fsp3) is 1.00. The maximum absolute atomic E-state index is 12.6. The molecule has 0 aromatic rings. The fourth-order valence-corrected chi connectivity index (χ4v) is 9.00. The highest BCUT2D eigenvalue weighted by Crippen LogP contribution is 2.58. The Hall–Kier alpha value is 0.510. The number of thioether (sulfide) groups is 1. The molecule has 4 nitrogen and oxygen atoms in total. The summed E-state index contributed by atoms with van der Waals surface area (Å²) in [7, 11) is -3.19. The van der Waals surface area contributed by atoms with Crippen LogP contribution in [0, 0.1) is 0 Å². The Bertz CT molecular complexity index is 461. The average Bonchev–Trinajstić information content (AvgIpc) is 2.79. The van der Waals surface area contributed by atoms with E-state index in [1.807, 2.05) is 20.8 Å². The third-order valence-corrected chi connectivity index (χ3v) is 8.67. The lowest BCUT2D eigenvalue weighted by molar-refractivity contribution is 0.0169. The first kappa shape index (κ1) is 13.5. The molecule has 5 atom stereocenters. The van der Waals surface area contributed by atoms with E-state index in [1.165, 1.54) is 0 Å². The minimum absolute atomic E-state index is 0.0394. The molecule has 3 saturated heterocycles. The zero-order chi connectivity index (χ0) is 13.3. The molecule has 0 amide bonds. The first-order valence-electron chi connectivity index (χ1n) is 6.15. The number of fused-ring (bicyclic) bond motifs is 1. The molecular weight excluding hydrogens is 294 g/mol. The molecule has 0 aromatic carbocycles. The summed E-state index contributed by atoms with van der Waals surface area (Å²) in [6, 6.07) is 0.0932. The Morgan fingerprint density at radius 3 is 2.67 bits per heavy atom. The van der Waals surface area contributed by atoms with Gasteiger partial charge >= 0.3 is 0 Å². The number of ether oxygens (including phenoxy) is 1. The lowest BCUT2D eigenvalue weighted by Crippen LogP contribution is -2.53. The van der Waals surface area contributed by atoms with E-state index in [0.717, 1.165) is 0 Å². The Balaban J connectivity index is 2.05. The summed E-state index contributed by atoms with van der Waals surface area (Å²) in [5, 5.41) is 0.227. The summed E-state index contributed by atoms with van der Waals surface area (Å²) in [6.45, 7) is 5.85. The standard InChI is InChI=1S/C11H18ClNO3S2/c1-11(2,3)13-8-9(16-5-12)6-4-7(10(8)17-6)18(13,14)15/h6-10H,4-5H2,1-3H3. The summed E-state index contributed by atoms with van der Waals surface area (Å²) >= 11 is 7.46. The molecule has 0 saturated carbocycles. The summed E-state index contributed by atoms with van der Waals surface area (Å²) in [5.74, 6) is 0. The van der Waals surface area contributed by atoms with Gasteiger partial charge in [0.2, 0.25) is 10.0 Å². The molecule has 104 valence electrons. The van der Waals surface area contributed by atoms with Crippen LogP contribution < -0.4 is 0 Å². The smallest absolute Gasteiger partial charge is 0.219 e. The van der Waals surface area contributed by atoms with Crippen molar-refractivity contribution in [2.45, 2.75) is 60.6 Å². The minimum atomic E-state index is -3.19. The van der Waals surface area contributed by atoms with Crippen LogP contribution >= 0.6 is 23.4 Å². The molecular formula is C11H18ClNO3S2. The number of halogens is 1. The van der Waals surface area contributed by atoms with Crippen LogP contribution in [0.1, 0.15) is 27.2 Å². The maximum atomic E-state index is 12.6. The third kappa shape index (κ3) is 1.62. The lowest BCUT2D eigenvalue weighted by atomic mass is 9.90. The molecule has 0 radical (unpaired) electrons. The van der Waals surface area contributed by atoms with Crippen molar-refractivity contribution in [3.63, 3.8) is 0 Å². The third-order valence-electron chi connectivity index (χ3n) is 4.05. The lowest BCUT2D eigenvalue weighted by Gasteiger charge is -2.37. The van der Waals surface area contributed by atoms with Crippen LogP contribution in [0.25, 0.3) is 0 Å². The van der Waals surface area contributed by atoms with Gasteiger partial charge in [-0.25, -0.2) is 8.42 Å². The summed E-state index contributed by atoms with van der Waals surface area (Å²) < 4.78 is 32.6. The van der Waals surface area contributed by atoms with Gasteiger partial charge in [-0.15, -0.1) is 11.8 Å². The Kier molecular flexibility index (Phi) is 3.00. The largest absolute Gasteiger partial charge is 0.360 e. The van der Waals surface area contributed by atoms with Crippen LogP contribution in [0.5, 0.6) is 0 Å². The SMILES string of the molecule is CC(C)(C)N1C2C(OCCl)C3CC(C2S3)S1(=O)=O. The van der Waals surface area contributed by atoms with Crippen molar-refractivity contribution in [1.82, 2.24) is 4.31 Å². The first-order valence-corrected chi connectivity index (χ1v) is 9.13. The van der Waals surface area contributed by atoms with Gasteiger partial charge in [0.15, 0.2) is 0 Å². The van der Waals surface area contributed by atoms with Gasteiger partial charge in [-0.3, -0.25) is 0 Å². The van der Waals surface area contributed by atoms with E-state index in [0.29, 0.717) is 6.42 Å². The van der Waals surface area contributed by atoms with Crippen molar-refractivity contribution in [2.75, 3.05) is 6.07 Å². The maximum Gasteiger partial charge on any atom is 0.219 e. The van der Waals surface area contributed by atoms with Crippen molar-refractivity contribution in [1.29, 1.82) is 0 Å². The fourth-order valence-electron chi connectivity index (χ4n) is 3.61. The zero-order valence-corrected chi connectivity index (χ0v) is 13.1. The van der Waals surface area contributed by atoms with E-state index in [1.54, 1.807) is 16.1 Å². The van der Waals surface area contributed by atoms with E-state index in [-0.39, 0.29) is 34.0 Å². The summed E-state index contributed by atoms with van der Waals surface area (Å²) in [4.78, 5) is 0. The Morgan fingerprint density at radius 1 is 1.44 bits per heavy atom. The highest BCUT2D eigenvalue weighted by atomic mass is 35.5. The van der Waals surface area contributed by atoms with E-state index in [4.69, 9.17) is 16.3 Å². The van der Waals surface area contributed by atoms with Crippen molar-refractivity contribution < 1.29 is 13.2 Å². The van der Waals surface area contributed by atoms with Crippen LogP contribution in [-0.4, -0.2) is 52.2 Å². The molecule has 0 aliphatic carbocycles. The molecule has 7 heteroatoms. The van der Waals surface area contributed by atoms with Crippen LogP contribution in [0.4, 0.5) is 0 Å². The number of sulfonamides is 1. The van der Waals surface area contributed by atoms with E-state index >= 15 is 0 Å². The van der Waals surface area contributed by atoms with Crippen LogP contribution in [-0.2, 0) is 14.8 Å². The van der Waals surface area contributed by atoms with E-state index in [9.17, 15) is 8.42 Å². The molecule has 0 spiro atoms. The first-order chi connectivity index (χ1) is 8.28. The molecule has 3 heterocycles. The van der Waals surface area contributed by atoms with Gasteiger partial charge in [0, 0.05) is 16.0 Å². The van der Waals surface area contributed by atoms with Crippen molar-refractivity contribution in [3.8, 4) is 0 Å². The average molecular weight is 312 g/mol. The quantitative estimate of drug-likeness (QED) is 0.727. The molecule has 0 N–H and O–H groups in total.